The lowest BCUT2D eigenvalue weighted by atomic mass is 10.0. The van der Waals surface area contributed by atoms with Gasteiger partial charge in [-0.25, -0.2) is 14.5 Å². The number of fused-ring (bicyclic) bond motifs is 1. The number of tetrazole rings is 1. The van der Waals surface area contributed by atoms with Crippen LogP contribution in [0.2, 0.25) is 0 Å². The number of β-lactam (4-membered cyclic amide) rings is 1. The molecule has 0 aliphatic carbocycles. The van der Waals surface area contributed by atoms with E-state index >= 15 is 0 Å². The molecule has 2 aliphatic heterocycles. The average molecular weight is 492 g/mol. The third kappa shape index (κ3) is 4.21. The number of nitrogen functional groups attached to an aromatic ring is 1. The maximum Gasteiger partial charge on any atom is 0.352 e. The summed E-state index contributed by atoms with van der Waals surface area (Å²) in [7, 11) is 1.66. The van der Waals surface area contributed by atoms with Crippen molar-refractivity contribution in [3.63, 3.8) is 0 Å². The summed E-state index contributed by atoms with van der Waals surface area (Å²) in [6.07, 6.45) is 0. The van der Waals surface area contributed by atoms with E-state index in [-0.39, 0.29) is 23.0 Å². The van der Waals surface area contributed by atoms with Crippen LogP contribution in [0.25, 0.3) is 0 Å². The Balaban J connectivity index is 1.49. The molecule has 16 heteroatoms. The van der Waals surface area contributed by atoms with Gasteiger partial charge in [0.2, 0.25) is 5.16 Å². The van der Waals surface area contributed by atoms with Crippen LogP contribution in [-0.4, -0.2) is 86.8 Å². The molecule has 2 aromatic heterocycles. The number of amides is 2. The fourth-order valence-electron chi connectivity index (χ4n) is 3.30. The van der Waals surface area contributed by atoms with Crippen molar-refractivity contribution in [1.29, 1.82) is 0 Å². The number of thioether (sulfide) groups is 2. The summed E-state index contributed by atoms with van der Waals surface area (Å²) in [5.74, 6) is -1.94. The van der Waals surface area contributed by atoms with Gasteiger partial charge < -0.3 is 21.4 Å². The van der Waals surface area contributed by atoms with Crippen LogP contribution in [0.5, 0.6) is 0 Å². The molecule has 2 atom stereocenters. The Morgan fingerprint density at radius 2 is 2.21 bits per heavy atom. The number of carbonyl (C=O) groups is 3. The molecule has 1 fully saturated rings. The zero-order valence-corrected chi connectivity index (χ0v) is 18.6. The number of aromatic nitrogens is 5. The number of carbonyl (C=O) groups excluding carboxylic acids is 2. The lowest BCUT2D eigenvalue weighted by Crippen LogP contribution is -2.71. The number of hydrogen-bond acceptors (Lipinski definition) is 12. The van der Waals surface area contributed by atoms with Crippen LogP contribution in [0.15, 0.2) is 39.8 Å². The van der Waals surface area contributed by atoms with Crippen LogP contribution in [0.1, 0.15) is 5.69 Å². The van der Waals surface area contributed by atoms with Crippen LogP contribution in [0, 0.1) is 0 Å². The highest BCUT2D eigenvalue weighted by atomic mass is 32.2. The van der Waals surface area contributed by atoms with Crippen molar-refractivity contribution in [3.05, 3.63) is 35.2 Å². The van der Waals surface area contributed by atoms with Crippen molar-refractivity contribution in [3.8, 4) is 0 Å². The minimum absolute atomic E-state index is 0.0265. The fraction of sp³-hybridized carbons (Fsp3) is 0.294. The Bertz CT molecular complexity index is 1200. The number of aliphatic carboxylic acids is 1. The lowest BCUT2D eigenvalue weighted by Gasteiger charge is -2.49. The van der Waals surface area contributed by atoms with Crippen molar-refractivity contribution < 1.29 is 24.7 Å². The SMILES string of the molecule is Cn1nnnc1SCC1=C(C(=O)O)N2C(=O)C(NC(=O)/C(=N\O)c3cccc(N)n3)[C@H]2SC1. The maximum absolute atomic E-state index is 12.8. The van der Waals surface area contributed by atoms with Gasteiger partial charge in [-0.1, -0.05) is 23.0 Å². The normalized spacial score (nSPS) is 20.3. The molecule has 2 aromatic rings. The third-order valence-corrected chi connectivity index (χ3v) is 7.26. The van der Waals surface area contributed by atoms with Gasteiger partial charge in [0.05, 0.1) is 0 Å². The van der Waals surface area contributed by atoms with E-state index in [2.05, 4.69) is 31.0 Å². The van der Waals surface area contributed by atoms with Crippen LogP contribution in [0.4, 0.5) is 5.82 Å². The van der Waals surface area contributed by atoms with Crippen molar-refractivity contribution in [2.24, 2.45) is 12.2 Å². The quantitative estimate of drug-likeness (QED) is 0.120. The van der Waals surface area contributed by atoms with Gasteiger partial charge in [-0.15, -0.1) is 16.9 Å². The molecule has 33 heavy (non-hydrogen) atoms. The Labute approximate surface area is 194 Å². The van der Waals surface area contributed by atoms with Crippen LogP contribution in [-0.2, 0) is 21.4 Å². The number of anilines is 1. The van der Waals surface area contributed by atoms with Crippen LogP contribution in [0.3, 0.4) is 0 Å². The molecule has 0 aromatic carbocycles. The summed E-state index contributed by atoms with van der Waals surface area (Å²) in [5, 5.41) is 35.5. The van der Waals surface area contributed by atoms with E-state index in [1.54, 1.807) is 7.05 Å². The third-order valence-electron chi connectivity index (χ3n) is 4.82. The average Bonchev–Trinajstić information content (AvgIpc) is 3.20. The van der Waals surface area contributed by atoms with E-state index in [0.717, 1.165) is 4.90 Å². The number of oxime groups is 1. The fourth-order valence-corrected chi connectivity index (χ4v) is 5.63. The number of carboxylic acid groups (broad SMARTS) is 1. The second-order valence-corrected chi connectivity index (χ2v) is 8.94. The Morgan fingerprint density at radius 1 is 1.42 bits per heavy atom. The first-order valence-corrected chi connectivity index (χ1v) is 11.4. The van der Waals surface area contributed by atoms with Gasteiger partial charge in [-0.05, 0) is 28.1 Å². The van der Waals surface area contributed by atoms with E-state index in [0.29, 0.717) is 16.5 Å². The summed E-state index contributed by atoms with van der Waals surface area (Å²) in [4.78, 5) is 42.5. The molecular formula is C17H17N9O5S2. The van der Waals surface area contributed by atoms with Gasteiger partial charge in [0.15, 0.2) is 5.71 Å². The Morgan fingerprint density at radius 3 is 2.85 bits per heavy atom. The first-order valence-electron chi connectivity index (χ1n) is 9.32. The molecule has 0 bridgehead atoms. The second kappa shape index (κ2) is 9.07. The van der Waals surface area contributed by atoms with E-state index in [9.17, 15) is 24.7 Å². The summed E-state index contributed by atoms with van der Waals surface area (Å²) >= 11 is 2.57. The largest absolute Gasteiger partial charge is 0.477 e. The molecule has 0 saturated carbocycles. The van der Waals surface area contributed by atoms with Gasteiger partial charge in [0.1, 0.15) is 28.6 Å². The maximum atomic E-state index is 12.8. The van der Waals surface area contributed by atoms with Gasteiger partial charge in [0, 0.05) is 18.6 Å². The summed E-state index contributed by atoms with van der Waals surface area (Å²) in [5.41, 5.74) is 5.63. The highest BCUT2D eigenvalue weighted by Crippen LogP contribution is 2.41. The molecule has 4 rings (SSSR count). The van der Waals surface area contributed by atoms with Crippen LogP contribution < -0.4 is 11.1 Å². The number of nitrogens with two attached hydrogens (primary N) is 1. The molecule has 2 aliphatic rings. The molecule has 1 saturated heterocycles. The first-order chi connectivity index (χ1) is 15.8. The second-order valence-electron chi connectivity index (χ2n) is 6.89. The van der Waals surface area contributed by atoms with Crippen molar-refractivity contribution in [2.45, 2.75) is 16.6 Å². The van der Waals surface area contributed by atoms with Crippen molar-refractivity contribution in [2.75, 3.05) is 17.2 Å². The number of carboxylic acids is 1. The number of hydrogen-bond donors (Lipinski definition) is 4. The summed E-state index contributed by atoms with van der Waals surface area (Å²) < 4.78 is 1.46. The number of aryl methyl sites for hydroxylation is 1. The zero-order chi connectivity index (χ0) is 23.7. The standard InChI is InChI=1S/C17H17N9O5S2/c1-25-17(21-23-24-25)33-6-7-5-32-15-11(14(28)26(15)12(7)16(29)30)20-13(27)10(22-31)8-3-2-4-9(18)19-8/h2-4,11,15,31H,5-6H2,1H3,(H2,18,19)(H,20,27)(H,29,30)/b22-10-/t11?,15-/m1/s1. The zero-order valence-electron chi connectivity index (χ0n) is 16.9. The minimum atomic E-state index is -1.24. The molecule has 0 spiro atoms. The van der Waals surface area contributed by atoms with Crippen molar-refractivity contribution in [1.82, 2.24) is 35.4 Å². The van der Waals surface area contributed by atoms with E-state index < -0.39 is 34.9 Å². The number of pyridine rings is 1. The Kier molecular flexibility index (Phi) is 6.19. The van der Waals surface area contributed by atoms with Gasteiger partial charge in [-0.3, -0.25) is 14.5 Å². The molecule has 4 heterocycles. The van der Waals surface area contributed by atoms with E-state index in [1.807, 2.05) is 0 Å². The summed E-state index contributed by atoms with van der Waals surface area (Å²) in [6.45, 7) is 0. The molecule has 2 amide bonds. The highest BCUT2D eigenvalue weighted by Gasteiger charge is 2.54. The monoisotopic (exact) mass is 491 g/mol. The van der Waals surface area contributed by atoms with Gasteiger partial charge in [0.25, 0.3) is 11.8 Å². The molecular weight excluding hydrogens is 474 g/mol. The Hall–Kier alpha value is -3.66. The molecule has 5 N–H and O–H groups in total. The van der Waals surface area contributed by atoms with Crippen molar-refractivity contribution >= 4 is 52.8 Å². The summed E-state index contributed by atoms with van der Waals surface area (Å²) in [6, 6.07) is 3.46. The lowest BCUT2D eigenvalue weighted by molar-refractivity contribution is -0.150. The topological polar surface area (TPSA) is 202 Å². The molecule has 0 radical (unpaired) electrons. The van der Waals surface area contributed by atoms with Crippen LogP contribution >= 0.6 is 23.5 Å². The smallest absolute Gasteiger partial charge is 0.352 e. The first kappa shape index (κ1) is 22.5. The number of nitrogens with one attached hydrogen (secondary N) is 1. The molecule has 14 nitrogen and oxygen atoms in total. The molecule has 1 unspecified atom stereocenters. The van der Waals surface area contributed by atoms with Gasteiger partial charge in [-0.2, -0.15) is 0 Å². The molecule has 172 valence electrons. The minimum Gasteiger partial charge on any atom is -0.477 e. The van der Waals surface area contributed by atoms with Gasteiger partial charge >= 0.3 is 5.97 Å². The number of nitrogens with zero attached hydrogens (tertiary/aromatic N) is 7. The number of rotatable bonds is 7. The van der Waals surface area contributed by atoms with E-state index in [4.69, 9.17) is 5.73 Å². The predicted octanol–water partition coefficient (Wildman–Crippen LogP) is -1.10. The predicted molar refractivity (Wildman–Crippen MR) is 116 cm³/mol. The highest BCUT2D eigenvalue weighted by molar-refractivity contribution is 8.01. The van der Waals surface area contributed by atoms with E-state index in [1.165, 1.54) is 46.4 Å².